The summed E-state index contributed by atoms with van der Waals surface area (Å²) in [6.45, 7) is 5.78. The lowest BCUT2D eigenvalue weighted by molar-refractivity contribution is -0.188. The fourth-order valence-corrected chi connectivity index (χ4v) is 4.54. The van der Waals surface area contributed by atoms with Gasteiger partial charge in [0.1, 0.15) is 5.60 Å². The molecular formula is C23H26N2O4. The molecule has 1 aromatic carbocycles. The average Bonchev–Trinajstić information content (AvgIpc) is 3.18. The second-order valence-electron chi connectivity index (χ2n) is 8.47. The zero-order valence-corrected chi connectivity index (χ0v) is 16.7. The lowest BCUT2D eigenvalue weighted by Gasteiger charge is -2.53. The lowest BCUT2D eigenvalue weighted by Crippen LogP contribution is -2.67. The summed E-state index contributed by atoms with van der Waals surface area (Å²) in [5, 5.41) is 0. The third-order valence-corrected chi connectivity index (χ3v) is 6.08. The molecule has 3 aliphatic rings. The number of hydrogen-bond donors (Lipinski definition) is 0. The maximum Gasteiger partial charge on any atom is 0.254 e. The lowest BCUT2D eigenvalue weighted by atomic mass is 9.84. The third kappa shape index (κ3) is 3.80. The van der Waals surface area contributed by atoms with E-state index in [-0.39, 0.29) is 17.6 Å². The Labute approximate surface area is 170 Å². The van der Waals surface area contributed by atoms with E-state index in [2.05, 4.69) is 11.1 Å². The molecule has 4 heterocycles. The third-order valence-electron chi connectivity index (χ3n) is 6.08. The van der Waals surface area contributed by atoms with Gasteiger partial charge in [-0.3, -0.25) is 9.78 Å². The van der Waals surface area contributed by atoms with Crippen molar-refractivity contribution in [2.24, 2.45) is 0 Å². The molecule has 0 saturated carbocycles. The molecule has 1 spiro atoms. The zero-order valence-electron chi connectivity index (χ0n) is 16.7. The number of fused-ring (bicyclic) bond motifs is 1. The highest BCUT2D eigenvalue weighted by molar-refractivity contribution is 5.95. The van der Waals surface area contributed by atoms with Crippen LogP contribution in [0.25, 0.3) is 0 Å². The fraction of sp³-hybridized carbons (Fsp3) is 0.478. The van der Waals surface area contributed by atoms with Gasteiger partial charge in [0.05, 0.1) is 39.0 Å². The summed E-state index contributed by atoms with van der Waals surface area (Å²) in [5.41, 5.74) is 5.01. The highest BCUT2D eigenvalue weighted by Gasteiger charge is 2.49. The number of ether oxygens (including phenoxy) is 3. The van der Waals surface area contributed by atoms with Crippen molar-refractivity contribution in [3.63, 3.8) is 0 Å². The number of rotatable bonds is 4. The summed E-state index contributed by atoms with van der Waals surface area (Å²) in [7, 11) is 0. The molecule has 152 valence electrons. The number of pyridine rings is 1. The van der Waals surface area contributed by atoms with Crippen molar-refractivity contribution in [3.05, 3.63) is 64.5 Å². The van der Waals surface area contributed by atoms with Crippen LogP contribution >= 0.6 is 0 Å². The Bertz CT molecular complexity index is 923. The van der Waals surface area contributed by atoms with E-state index in [4.69, 9.17) is 14.2 Å². The molecule has 29 heavy (non-hydrogen) atoms. The van der Waals surface area contributed by atoms with Crippen LogP contribution in [0, 0.1) is 6.92 Å². The Balaban J connectivity index is 1.17. The van der Waals surface area contributed by atoms with E-state index in [1.807, 2.05) is 42.4 Å². The Hall–Kier alpha value is -2.28. The van der Waals surface area contributed by atoms with E-state index in [0.29, 0.717) is 39.5 Å². The van der Waals surface area contributed by atoms with Crippen LogP contribution < -0.4 is 0 Å². The Morgan fingerprint density at radius 2 is 2.10 bits per heavy atom. The van der Waals surface area contributed by atoms with Gasteiger partial charge in [-0.05, 0) is 47.7 Å². The SMILES string of the molecule is Cc1cncc(CO[C@@H]2CCOC3(C2)CN(C(=O)c2ccc4c(c2)COC4)C3)c1. The molecular weight excluding hydrogens is 368 g/mol. The summed E-state index contributed by atoms with van der Waals surface area (Å²) < 4.78 is 17.7. The molecule has 3 aliphatic heterocycles. The molecule has 0 aliphatic carbocycles. The smallest absolute Gasteiger partial charge is 0.254 e. The van der Waals surface area contributed by atoms with Gasteiger partial charge in [-0.1, -0.05) is 12.1 Å². The molecule has 2 aromatic rings. The Morgan fingerprint density at radius 1 is 1.24 bits per heavy atom. The van der Waals surface area contributed by atoms with Gasteiger partial charge in [-0.15, -0.1) is 0 Å². The molecule has 1 amide bonds. The maximum absolute atomic E-state index is 12.9. The normalized spacial score (nSPS) is 22.4. The van der Waals surface area contributed by atoms with Crippen LogP contribution in [0.4, 0.5) is 0 Å². The minimum atomic E-state index is -0.261. The molecule has 0 unspecified atom stereocenters. The van der Waals surface area contributed by atoms with E-state index in [1.165, 1.54) is 5.56 Å². The second-order valence-corrected chi connectivity index (χ2v) is 8.47. The number of aromatic nitrogens is 1. The quantitative estimate of drug-likeness (QED) is 0.798. The van der Waals surface area contributed by atoms with E-state index in [1.54, 1.807) is 0 Å². The Morgan fingerprint density at radius 3 is 2.97 bits per heavy atom. The number of benzene rings is 1. The van der Waals surface area contributed by atoms with Crippen LogP contribution in [-0.2, 0) is 34.0 Å². The minimum absolute atomic E-state index is 0.0720. The number of likely N-dealkylation sites (tertiary alicyclic amines) is 1. The van der Waals surface area contributed by atoms with Crippen molar-refractivity contribution in [1.82, 2.24) is 9.88 Å². The average molecular weight is 394 g/mol. The molecule has 6 nitrogen and oxygen atoms in total. The van der Waals surface area contributed by atoms with E-state index < -0.39 is 0 Å². The zero-order chi connectivity index (χ0) is 19.8. The summed E-state index contributed by atoms with van der Waals surface area (Å²) >= 11 is 0. The van der Waals surface area contributed by atoms with Crippen LogP contribution in [0.15, 0.2) is 36.7 Å². The van der Waals surface area contributed by atoms with Gasteiger partial charge in [0.25, 0.3) is 5.91 Å². The van der Waals surface area contributed by atoms with Gasteiger partial charge in [0.2, 0.25) is 0 Å². The standard InChI is InChI=1S/C23H26N2O4/c1-16-6-17(10-24-9-16)11-28-21-4-5-29-23(8-21)14-25(15-23)22(26)18-2-3-19-12-27-13-20(19)7-18/h2-3,6-7,9-10,21H,4-5,8,11-15H2,1H3/t21-/m1/s1. The van der Waals surface area contributed by atoms with Crippen LogP contribution in [0.2, 0.25) is 0 Å². The fourth-order valence-electron chi connectivity index (χ4n) is 4.54. The highest BCUT2D eigenvalue weighted by Crippen LogP contribution is 2.36. The van der Waals surface area contributed by atoms with Gasteiger partial charge in [-0.2, -0.15) is 0 Å². The van der Waals surface area contributed by atoms with Crippen LogP contribution in [-0.4, -0.2) is 47.2 Å². The van der Waals surface area contributed by atoms with Gasteiger partial charge >= 0.3 is 0 Å². The second kappa shape index (κ2) is 7.52. The summed E-state index contributed by atoms with van der Waals surface area (Å²) in [6.07, 6.45) is 5.57. The molecule has 1 atom stereocenters. The highest BCUT2D eigenvalue weighted by atomic mass is 16.5. The molecule has 0 N–H and O–H groups in total. The first-order chi connectivity index (χ1) is 14.1. The predicted molar refractivity (Wildman–Crippen MR) is 106 cm³/mol. The first-order valence-electron chi connectivity index (χ1n) is 10.3. The van der Waals surface area contributed by atoms with Crippen molar-refractivity contribution < 1.29 is 19.0 Å². The van der Waals surface area contributed by atoms with Crippen LogP contribution in [0.5, 0.6) is 0 Å². The minimum Gasteiger partial charge on any atom is -0.373 e. The van der Waals surface area contributed by atoms with E-state index in [0.717, 1.165) is 35.1 Å². The molecule has 0 radical (unpaired) electrons. The van der Waals surface area contributed by atoms with E-state index >= 15 is 0 Å². The first-order valence-corrected chi connectivity index (χ1v) is 10.3. The molecule has 0 bridgehead atoms. The number of carbonyl (C=O) groups excluding carboxylic acids is 1. The molecule has 5 rings (SSSR count). The number of amides is 1. The van der Waals surface area contributed by atoms with Crippen molar-refractivity contribution in [1.29, 1.82) is 0 Å². The number of nitrogens with zero attached hydrogens (tertiary/aromatic N) is 2. The molecule has 2 fully saturated rings. The summed E-state index contributed by atoms with van der Waals surface area (Å²) in [4.78, 5) is 19.0. The molecule has 2 saturated heterocycles. The molecule has 6 heteroatoms. The van der Waals surface area contributed by atoms with Gasteiger partial charge in [0, 0.05) is 31.0 Å². The van der Waals surface area contributed by atoms with Gasteiger partial charge < -0.3 is 19.1 Å². The van der Waals surface area contributed by atoms with Crippen molar-refractivity contribution in [2.75, 3.05) is 19.7 Å². The Kier molecular flexibility index (Phi) is 4.86. The number of carbonyl (C=O) groups is 1. The van der Waals surface area contributed by atoms with Crippen molar-refractivity contribution >= 4 is 5.91 Å². The number of aryl methyl sites for hydroxylation is 1. The summed E-state index contributed by atoms with van der Waals surface area (Å²) in [5.74, 6) is 0.0720. The first kappa shape index (κ1) is 18.7. The van der Waals surface area contributed by atoms with Crippen LogP contribution in [0.1, 0.15) is 45.5 Å². The van der Waals surface area contributed by atoms with Gasteiger partial charge in [-0.25, -0.2) is 0 Å². The van der Waals surface area contributed by atoms with E-state index in [9.17, 15) is 4.79 Å². The number of hydrogen-bond acceptors (Lipinski definition) is 5. The monoisotopic (exact) mass is 394 g/mol. The predicted octanol–water partition coefficient (Wildman–Crippen LogP) is 3.01. The molecule has 1 aromatic heterocycles. The van der Waals surface area contributed by atoms with Crippen LogP contribution in [0.3, 0.4) is 0 Å². The van der Waals surface area contributed by atoms with Crippen molar-refractivity contribution in [2.45, 2.75) is 51.3 Å². The summed E-state index contributed by atoms with van der Waals surface area (Å²) in [6, 6.07) is 7.99. The maximum atomic E-state index is 12.9. The largest absolute Gasteiger partial charge is 0.373 e. The van der Waals surface area contributed by atoms with Gasteiger partial charge in [0.15, 0.2) is 0 Å². The van der Waals surface area contributed by atoms with Crippen molar-refractivity contribution in [3.8, 4) is 0 Å². The topological polar surface area (TPSA) is 60.9 Å².